The van der Waals surface area contributed by atoms with Gasteiger partial charge in [-0.15, -0.1) is 11.3 Å². The minimum atomic E-state index is -0.893. The Labute approximate surface area is 116 Å². The van der Waals surface area contributed by atoms with Gasteiger partial charge in [0.25, 0.3) is 0 Å². The van der Waals surface area contributed by atoms with Crippen molar-refractivity contribution in [2.24, 2.45) is 0 Å². The van der Waals surface area contributed by atoms with Crippen molar-refractivity contribution >= 4 is 16.3 Å². The van der Waals surface area contributed by atoms with Crippen molar-refractivity contribution in [2.75, 3.05) is 0 Å². The van der Waals surface area contributed by atoms with E-state index in [1.54, 1.807) is 11.3 Å². The number of imidazole rings is 1. The molecule has 0 spiro atoms. The van der Waals surface area contributed by atoms with Gasteiger partial charge in [0, 0.05) is 24.2 Å². The molecule has 0 aliphatic carbocycles. The smallest absolute Gasteiger partial charge is 0.193 e. The average molecular weight is 272 g/mol. The molecule has 19 heavy (non-hydrogen) atoms. The number of rotatable bonds is 3. The lowest BCUT2D eigenvalue weighted by Gasteiger charge is -2.24. The third-order valence-corrected chi connectivity index (χ3v) is 4.16. The molecule has 1 unspecified atom stereocenters. The van der Waals surface area contributed by atoms with Crippen LogP contribution >= 0.6 is 11.3 Å². The van der Waals surface area contributed by atoms with Crippen LogP contribution < -0.4 is 0 Å². The number of hydrogen-bond donors (Lipinski definition) is 1. The highest BCUT2D eigenvalue weighted by Crippen LogP contribution is 2.28. The lowest BCUT2D eigenvalue weighted by atomic mass is 9.88. The Kier molecular flexibility index (Phi) is 2.92. The molecule has 0 amide bonds. The summed E-state index contributed by atoms with van der Waals surface area (Å²) in [6, 6.07) is 7.95. The first-order chi connectivity index (χ1) is 9.06. The van der Waals surface area contributed by atoms with Crippen LogP contribution in [0.2, 0.25) is 0 Å². The lowest BCUT2D eigenvalue weighted by molar-refractivity contribution is 0.0561. The largest absolute Gasteiger partial charge is 0.385 e. The number of aryl methyl sites for hydroxylation is 1. The molecule has 1 N–H and O–H groups in total. The van der Waals surface area contributed by atoms with Gasteiger partial charge in [-0.1, -0.05) is 24.3 Å². The Morgan fingerprint density at radius 3 is 2.89 bits per heavy atom. The van der Waals surface area contributed by atoms with Gasteiger partial charge in [0.1, 0.15) is 0 Å². The maximum absolute atomic E-state index is 10.7. The van der Waals surface area contributed by atoms with E-state index >= 15 is 0 Å². The summed E-state index contributed by atoms with van der Waals surface area (Å²) in [6.07, 6.45) is 4.49. The molecule has 0 aliphatic heterocycles. The summed E-state index contributed by atoms with van der Waals surface area (Å²) in [5.41, 5.74) is 2.09. The molecule has 0 bridgehead atoms. The topological polar surface area (TPSA) is 37.5 Å². The molecule has 2 heterocycles. The minimum Gasteiger partial charge on any atom is -0.385 e. The molecule has 0 aliphatic rings. The fourth-order valence-electron chi connectivity index (χ4n) is 2.49. The average Bonchev–Trinajstić information content (AvgIpc) is 2.89. The van der Waals surface area contributed by atoms with E-state index in [1.807, 2.05) is 60.3 Å². The molecule has 3 rings (SSSR count). The van der Waals surface area contributed by atoms with Gasteiger partial charge in [-0.2, -0.15) is 0 Å². The van der Waals surface area contributed by atoms with Gasteiger partial charge in [-0.3, -0.25) is 4.40 Å². The van der Waals surface area contributed by atoms with Crippen LogP contribution in [0.1, 0.15) is 23.7 Å². The third kappa shape index (κ3) is 2.29. The van der Waals surface area contributed by atoms with E-state index in [0.29, 0.717) is 6.42 Å². The van der Waals surface area contributed by atoms with E-state index in [-0.39, 0.29) is 0 Å². The molecular formula is C15H16N2OS. The van der Waals surface area contributed by atoms with Gasteiger partial charge in [-0.05, 0) is 25.0 Å². The van der Waals surface area contributed by atoms with Gasteiger partial charge in [0.2, 0.25) is 0 Å². The second-order valence-electron chi connectivity index (χ2n) is 5.09. The molecule has 1 aromatic carbocycles. The van der Waals surface area contributed by atoms with Crippen LogP contribution in [0.5, 0.6) is 0 Å². The quantitative estimate of drug-likeness (QED) is 0.795. The van der Waals surface area contributed by atoms with E-state index in [2.05, 4.69) is 4.98 Å². The highest BCUT2D eigenvalue weighted by molar-refractivity contribution is 7.15. The summed E-state index contributed by atoms with van der Waals surface area (Å²) in [5, 5.41) is 12.7. The SMILES string of the molecule is Cc1ccccc1C(C)(O)Cc1cn2ccsc2n1. The molecule has 3 aromatic rings. The number of fused-ring (bicyclic) bond motifs is 1. The molecule has 3 nitrogen and oxygen atoms in total. The summed E-state index contributed by atoms with van der Waals surface area (Å²) >= 11 is 1.60. The second kappa shape index (κ2) is 4.47. The van der Waals surface area contributed by atoms with Gasteiger partial charge in [0.05, 0.1) is 11.3 Å². The normalized spacial score (nSPS) is 14.7. The first kappa shape index (κ1) is 12.4. The van der Waals surface area contributed by atoms with E-state index < -0.39 is 5.60 Å². The van der Waals surface area contributed by atoms with Crippen molar-refractivity contribution in [1.29, 1.82) is 0 Å². The van der Waals surface area contributed by atoms with Gasteiger partial charge in [-0.25, -0.2) is 4.98 Å². The Morgan fingerprint density at radius 2 is 2.16 bits per heavy atom. The predicted octanol–water partition coefficient (Wildman–Crippen LogP) is 3.15. The zero-order valence-corrected chi connectivity index (χ0v) is 11.8. The number of aromatic nitrogens is 2. The highest BCUT2D eigenvalue weighted by Gasteiger charge is 2.26. The Balaban J connectivity index is 1.93. The summed E-state index contributed by atoms with van der Waals surface area (Å²) in [4.78, 5) is 5.50. The van der Waals surface area contributed by atoms with Crippen LogP contribution in [0.3, 0.4) is 0 Å². The number of thiazole rings is 1. The summed E-state index contributed by atoms with van der Waals surface area (Å²) in [6.45, 7) is 3.87. The lowest BCUT2D eigenvalue weighted by Crippen LogP contribution is -2.25. The molecule has 98 valence electrons. The molecular weight excluding hydrogens is 256 g/mol. The fraction of sp³-hybridized carbons (Fsp3) is 0.267. The van der Waals surface area contributed by atoms with Crippen molar-refractivity contribution in [2.45, 2.75) is 25.9 Å². The number of aliphatic hydroxyl groups is 1. The summed E-state index contributed by atoms with van der Waals surface area (Å²) in [7, 11) is 0. The predicted molar refractivity (Wildman–Crippen MR) is 77.5 cm³/mol. The fourth-order valence-corrected chi connectivity index (χ4v) is 3.21. The standard InChI is InChI=1S/C15H16N2OS/c1-11-5-3-4-6-13(11)15(2,18)9-12-10-17-7-8-19-14(17)16-12/h3-8,10,18H,9H2,1-2H3. The van der Waals surface area contributed by atoms with Crippen molar-refractivity contribution in [1.82, 2.24) is 9.38 Å². The summed E-state index contributed by atoms with van der Waals surface area (Å²) < 4.78 is 1.99. The molecule has 0 fully saturated rings. The number of benzene rings is 1. The van der Waals surface area contributed by atoms with Crippen LogP contribution in [0.4, 0.5) is 0 Å². The molecule has 1 atom stereocenters. The Hall–Kier alpha value is -1.65. The first-order valence-corrected chi connectivity index (χ1v) is 7.14. The Bertz CT molecular complexity index is 683. The van der Waals surface area contributed by atoms with Crippen molar-refractivity contribution in [3.63, 3.8) is 0 Å². The van der Waals surface area contributed by atoms with Crippen LogP contribution in [0, 0.1) is 6.92 Å². The maximum Gasteiger partial charge on any atom is 0.193 e. The molecule has 4 heteroatoms. The third-order valence-electron chi connectivity index (χ3n) is 3.39. The van der Waals surface area contributed by atoms with Crippen LogP contribution in [-0.2, 0) is 12.0 Å². The zero-order valence-electron chi connectivity index (χ0n) is 11.0. The van der Waals surface area contributed by atoms with Gasteiger partial charge in [0.15, 0.2) is 4.96 Å². The monoisotopic (exact) mass is 272 g/mol. The van der Waals surface area contributed by atoms with E-state index in [9.17, 15) is 5.11 Å². The van der Waals surface area contributed by atoms with E-state index in [1.165, 1.54) is 0 Å². The van der Waals surface area contributed by atoms with Crippen LogP contribution in [0.15, 0.2) is 42.0 Å². The van der Waals surface area contributed by atoms with E-state index in [4.69, 9.17) is 0 Å². The van der Waals surface area contributed by atoms with Crippen LogP contribution in [0.25, 0.3) is 4.96 Å². The Morgan fingerprint density at radius 1 is 1.37 bits per heavy atom. The first-order valence-electron chi connectivity index (χ1n) is 6.26. The molecule has 2 aromatic heterocycles. The second-order valence-corrected chi connectivity index (χ2v) is 5.96. The number of nitrogens with zero attached hydrogens (tertiary/aromatic N) is 2. The van der Waals surface area contributed by atoms with Crippen molar-refractivity contribution in [3.8, 4) is 0 Å². The molecule has 0 saturated carbocycles. The molecule has 0 saturated heterocycles. The minimum absolute atomic E-state index is 0.520. The van der Waals surface area contributed by atoms with Crippen molar-refractivity contribution in [3.05, 3.63) is 58.9 Å². The van der Waals surface area contributed by atoms with Crippen LogP contribution in [-0.4, -0.2) is 14.5 Å². The van der Waals surface area contributed by atoms with Crippen molar-refractivity contribution < 1.29 is 5.11 Å². The number of hydrogen-bond acceptors (Lipinski definition) is 3. The van der Waals surface area contributed by atoms with Gasteiger partial charge >= 0.3 is 0 Å². The summed E-state index contributed by atoms with van der Waals surface area (Å²) in [5.74, 6) is 0. The highest BCUT2D eigenvalue weighted by atomic mass is 32.1. The maximum atomic E-state index is 10.7. The zero-order chi connectivity index (χ0) is 13.5. The van der Waals surface area contributed by atoms with E-state index in [0.717, 1.165) is 21.8 Å². The molecule has 0 radical (unpaired) electrons. The van der Waals surface area contributed by atoms with Gasteiger partial charge < -0.3 is 5.11 Å².